The lowest BCUT2D eigenvalue weighted by atomic mass is 10.3. The second-order valence-corrected chi connectivity index (χ2v) is 5.41. The van der Waals surface area contributed by atoms with Gasteiger partial charge in [0, 0.05) is 36.9 Å². The van der Waals surface area contributed by atoms with Crippen LogP contribution in [0.5, 0.6) is 5.75 Å². The van der Waals surface area contributed by atoms with E-state index in [1.54, 1.807) is 49.8 Å². The smallest absolute Gasteiger partial charge is 0.311 e. The third kappa shape index (κ3) is 3.69. The van der Waals surface area contributed by atoms with Crippen LogP contribution in [0, 0.1) is 10.1 Å². The first kappa shape index (κ1) is 17.2. The molecule has 0 atom stereocenters. The summed E-state index contributed by atoms with van der Waals surface area (Å²) in [6.07, 6.45) is 3.35. The molecule has 0 amide bonds. The van der Waals surface area contributed by atoms with Crippen molar-refractivity contribution in [1.29, 1.82) is 0 Å². The minimum Gasteiger partial charge on any atom is -0.497 e. The fourth-order valence-corrected chi connectivity index (χ4v) is 2.38. The molecule has 132 valence electrons. The van der Waals surface area contributed by atoms with Crippen molar-refractivity contribution in [3.63, 3.8) is 0 Å². The van der Waals surface area contributed by atoms with Gasteiger partial charge >= 0.3 is 5.69 Å². The second kappa shape index (κ2) is 7.47. The summed E-state index contributed by atoms with van der Waals surface area (Å²) in [6.45, 7) is 0. The average Bonchev–Trinajstić information content (AvgIpc) is 2.68. The SMILES string of the molecule is COc1ccc(Nc2nc(N(C)c3ccncc3)ccc2[N+](=O)[O-])cc1. The van der Waals surface area contributed by atoms with Crippen LogP contribution in [-0.2, 0) is 0 Å². The molecule has 0 spiro atoms. The van der Waals surface area contributed by atoms with Gasteiger partial charge in [0.25, 0.3) is 0 Å². The van der Waals surface area contributed by atoms with Crippen LogP contribution in [0.2, 0.25) is 0 Å². The van der Waals surface area contributed by atoms with E-state index >= 15 is 0 Å². The van der Waals surface area contributed by atoms with Gasteiger partial charge in [0.15, 0.2) is 0 Å². The van der Waals surface area contributed by atoms with Gasteiger partial charge in [-0.25, -0.2) is 4.98 Å². The maximum absolute atomic E-state index is 11.3. The lowest BCUT2D eigenvalue weighted by Gasteiger charge is -2.19. The third-order valence-electron chi connectivity index (χ3n) is 3.80. The van der Waals surface area contributed by atoms with Crippen molar-refractivity contribution in [2.45, 2.75) is 0 Å². The Hall–Kier alpha value is -3.68. The van der Waals surface area contributed by atoms with E-state index in [9.17, 15) is 10.1 Å². The van der Waals surface area contributed by atoms with Gasteiger partial charge in [-0.15, -0.1) is 0 Å². The quantitative estimate of drug-likeness (QED) is 0.531. The van der Waals surface area contributed by atoms with Gasteiger partial charge in [0.1, 0.15) is 11.6 Å². The van der Waals surface area contributed by atoms with E-state index < -0.39 is 4.92 Å². The summed E-state index contributed by atoms with van der Waals surface area (Å²) in [4.78, 5) is 21.1. The molecule has 0 aliphatic heterocycles. The van der Waals surface area contributed by atoms with Gasteiger partial charge in [0.05, 0.1) is 12.0 Å². The lowest BCUT2D eigenvalue weighted by molar-refractivity contribution is -0.384. The number of nitrogens with one attached hydrogen (secondary N) is 1. The van der Waals surface area contributed by atoms with Crippen LogP contribution in [-0.4, -0.2) is 29.0 Å². The van der Waals surface area contributed by atoms with Crippen LogP contribution >= 0.6 is 0 Å². The van der Waals surface area contributed by atoms with E-state index in [4.69, 9.17) is 4.74 Å². The summed E-state index contributed by atoms with van der Waals surface area (Å²) in [5, 5.41) is 14.4. The zero-order chi connectivity index (χ0) is 18.5. The normalized spacial score (nSPS) is 10.2. The first-order valence-corrected chi connectivity index (χ1v) is 7.79. The molecule has 8 heteroatoms. The predicted octanol–water partition coefficient (Wildman–Crippen LogP) is 3.90. The van der Waals surface area contributed by atoms with Gasteiger partial charge < -0.3 is 15.0 Å². The Balaban J connectivity index is 1.94. The minimum atomic E-state index is -0.463. The van der Waals surface area contributed by atoms with E-state index in [1.807, 2.05) is 24.1 Å². The fourth-order valence-electron chi connectivity index (χ4n) is 2.38. The Bertz CT molecular complexity index is 900. The highest BCUT2D eigenvalue weighted by Gasteiger charge is 2.18. The molecule has 3 rings (SSSR count). The zero-order valence-electron chi connectivity index (χ0n) is 14.3. The number of hydrogen-bond donors (Lipinski definition) is 1. The summed E-state index contributed by atoms with van der Waals surface area (Å²) in [7, 11) is 3.41. The molecule has 0 aliphatic rings. The van der Waals surface area contributed by atoms with Crippen molar-refractivity contribution in [3.05, 3.63) is 71.0 Å². The highest BCUT2D eigenvalue weighted by molar-refractivity contribution is 5.70. The van der Waals surface area contributed by atoms with Crippen molar-refractivity contribution in [2.24, 2.45) is 0 Å². The Morgan fingerprint density at radius 1 is 1.08 bits per heavy atom. The summed E-state index contributed by atoms with van der Waals surface area (Å²) in [6, 6.07) is 13.8. The number of methoxy groups -OCH3 is 1. The van der Waals surface area contributed by atoms with E-state index in [0.29, 0.717) is 17.3 Å². The van der Waals surface area contributed by atoms with E-state index in [-0.39, 0.29) is 11.5 Å². The zero-order valence-corrected chi connectivity index (χ0v) is 14.3. The van der Waals surface area contributed by atoms with Gasteiger partial charge in [-0.1, -0.05) is 0 Å². The van der Waals surface area contributed by atoms with Crippen molar-refractivity contribution < 1.29 is 9.66 Å². The van der Waals surface area contributed by atoms with Crippen molar-refractivity contribution in [1.82, 2.24) is 9.97 Å². The molecular weight excluding hydrogens is 334 g/mol. The topological polar surface area (TPSA) is 93.4 Å². The molecule has 1 aromatic carbocycles. The molecule has 2 heterocycles. The number of pyridine rings is 2. The molecule has 0 radical (unpaired) electrons. The molecule has 0 fully saturated rings. The summed E-state index contributed by atoms with van der Waals surface area (Å²) in [5.41, 5.74) is 1.44. The number of rotatable bonds is 6. The van der Waals surface area contributed by atoms with E-state index in [0.717, 1.165) is 5.69 Å². The van der Waals surface area contributed by atoms with Gasteiger partial charge in [-0.2, -0.15) is 0 Å². The van der Waals surface area contributed by atoms with Crippen LogP contribution in [0.3, 0.4) is 0 Å². The molecule has 0 bridgehead atoms. The largest absolute Gasteiger partial charge is 0.497 e. The highest BCUT2D eigenvalue weighted by Crippen LogP contribution is 2.30. The molecule has 26 heavy (non-hydrogen) atoms. The van der Waals surface area contributed by atoms with Gasteiger partial charge in [0.2, 0.25) is 5.82 Å². The van der Waals surface area contributed by atoms with Crippen LogP contribution in [0.1, 0.15) is 0 Å². The minimum absolute atomic E-state index is 0.104. The number of nitro groups is 1. The highest BCUT2D eigenvalue weighted by atomic mass is 16.6. The van der Waals surface area contributed by atoms with Crippen molar-refractivity contribution in [3.8, 4) is 5.75 Å². The summed E-state index contributed by atoms with van der Waals surface area (Å²) >= 11 is 0. The first-order chi connectivity index (χ1) is 12.6. The number of anilines is 4. The number of ether oxygens (including phenoxy) is 1. The lowest BCUT2D eigenvalue weighted by Crippen LogP contribution is -2.12. The third-order valence-corrected chi connectivity index (χ3v) is 3.80. The number of aromatic nitrogens is 2. The summed E-state index contributed by atoms with van der Waals surface area (Å²) in [5.74, 6) is 1.43. The predicted molar refractivity (Wildman–Crippen MR) is 99.5 cm³/mol. The molecule has 1 N–H and O–H groups in total. The maximum Gasteiger partial charge on any atom is 0.311 e. The molecule has 3 aromatic rings. The monoisotopic (exact) mass is 351 g/mol. The van der Waals surface area contributed by atoms with Crippen LogP contribution in [0.25, 0.3) is 0 Å². The van der Waals surface area contributed by atoms with Crippen molar-refractivity contribution >= 4 is 28.7 Å². The second-order valence-electron chi connectivity index (χ2n) is 5.41. The van der Waals surface area contributed by atoms with Crippen LogP contribution in [0.4, 0.5) is 28.7 Å². The van der Waals surface area contributed by atoms with Crippen LogP contribution in [0.15, 0.2) is 60.9 Å². The summed E-state index contributed by atoms with van der Waals surface area (Å²) < 4.78 is 5.12. The molecule has 8 nitrogen and oxygen atoms in total. The van der Waals surface area contributed by atoms with Crippen LogP contribution < -0.4 is 15.0 Å². The molecule has 0 saturated carbocycles. The van der Waals surface area contributed by atoms with Gasteiger partial charge in [-0.3, -0.25) is 15.1 Å². The van der Waals surface area contributed by atoms with Gasteiger partial charge in [-0.05, 0) is 42.5 Å². The van der Waals surface area contributed by atoms with E-state index in [1.165, 1.54) is 6.07 Å². The molecule has 2 aromatic heterocycles. The molecule has 0 aliphatic carbocycles. The number of nitrogens with zero attached hydrogens (tertiary/aromatic N) is 4. The molecule has 0 unspecified atom stereocenters. The molecule has 0 saturated heterocycles. The molecular formula is C18H17N5O3. The number of hydrogen-bond acceptors (Lipinski definition) is 7. The van der Waals surface area contributed by atoms with Crippen molar-refractivity contribution in [2.75, 3.05) is 24.4 Å². The fraction of sp³-hybridized carbons (Fsp3) is 0.111. The Kier molecular flexibility index (Phi) is 4.93. The maximum atomic E-state index is 11.3. The van der Waals surface area contributed by atoms with E-state index in [2.05, 4.69) is 15.3 Å². The number of benzene rings is 1. The Morgan fingerprint density at radius 2 is 1.77 bits per heavy atom. The first-order valence-electron chi connectivity index (χ1n) is 7.79. The Morgan fingerprint density at radius 3 is 2.38 bits per heavy atom. The average molecular weight is 351 g/mol. The standard InChI is InChI=1S/C18H17N5O3/c1-22(14-9-11-19-12-10-14)17-8-7-16(23(24)25)18(21-17)20-13-3-5-15(26-2)6-4-13/h3-12H,1-2H3,(H,20,21). The Labute approximate surface area is 150 Å².